The lowest BCUT2D eigenvalue weighted by Crippen LogP contribution is -2.52. The summed E-state index contributed by atoms with van der Waals surface area (Å²) in [7, 11) is 1.74. The van der Waals surface area contributed by atoms with Gasteiger partial charge in [0, 0.05) is 45.6 Å². The van der Waals surface area contributed by atoms with Crippen LogP contribution in [0.4, 0.5) is 0 Å². The highest BCUT2D eigenvalue weighted by molar-refractivity contribution is 5.94. The second-order valence-corrected chi connectivity index (χ2v) is 13.0. The summed E-state index contributed by atoms with van der Waals surface area (Å²) >= 11 is 0. The average Bonchev–Trinajstić information content (AvgIpc) is 3.37. The van der Waals surface area contributed by atoms with Crippen LogP contribution in [0.3, 0.4) is 0 Å². The second-order valence-electron chi connectivity index (χ2n) is 13.0. The first-order valence-corrected chi connectivity index (χ1v) is 15.3. The molecule has 9 heteroatoms. The number of carbonyl (C=O) groups excluding carboxylic acids is 4. The standard InChI is InChI=1S/C34H46N4O5/c1-24(39)37(18-16-25-11-7-6-8-12-25)27-20-28-23-43-29-14-9-13-26(19-29)32(41)36(5)17-10-15-30(33(42)38(28)22-27)35-31(40)21-34(2,3)4/h6-9,11-14,19,27-28,30H,10,15-18,20-23H2,1-5H3,(H,35,40)/t27-,28-,30-/m0/s1. The van der Waals surface area contributed by atoms with Crippen LogP contribution in [0.25, 0.3) is 0 Å². The van der Waals surface area contributed by atoms with Crippen molar-refractivity contribution >= 4 is 23.6 Å². The Bertz CT molecular complexity index is 1290. The fourth-order valence-corrected chi connectivity index (χ4v) is 5.99. The Hall–Kier alpha value is -3.88. The van der Waals surface area contributed by atoms with Crippen LogP contribution in [0.15, 0.2) is 54.6 Å². The molecule has 1 saturated heterocycles. The van der Waals surface area contributed by atoms with E-state index in [0.29, 0.717) is 56.6 Å². The molecule has 2 bridgehead atoms. The summed E-state index contributed by atoms with van der Waals surface area (Å²) < 4.78 is 6.18. The van der Waals surface area contributed by atoms with Crippen LogP contribution >= 0.6 is 0 Å². The highest BCUT2D eigenvalue weighted by Crippen LogP contribution is 2.27. The number of fused-ring (bicyclic) bond motifs is 3. The first kappa shape index (κ1) is 32.0. The van der Waals surface area contributed by atoms with E-state index in [2.05, 4.69) is 5.32 Å². The van der Waals surface area contributed by atoms with Gasteiger partial charge < -0.3 is 24.8 Å². The molecule has 0 aromatic heterocycles. The van der Waals surface area contributed by atoms with E-state index in [-0.39, 0.29) is 54.2 Å². The van der Waals surface area contributed by atoms with Gasteiger partial charge in [-0.25, -0.2) is 0 Å². The zero-order valence-corrected chi connectivity index (χ0v) is 26.2. The minimum Gasteiger partial charge on any atom is -0.491 e. The van der Waals surface area contributed by atoms with Crippen LogP contribution in [-0.4, -0.2) is 89.7 Å². The number of amides is 4. The second kappa shape index (κ2) is 14.1. The Balaban J connectivity index is 1.61. The fourth-order valence-electron chi connectivity index (χ4n) is 5.99. The minimum absolute atomic E-state index is 0.0370. The summed E-state index contributed by atoms with van der Waals surface area (Å²) in [6, 6.07) is 15.9. The number of nitrogens with zero attached hydrogens (tertiary/aromatic N) is 3. The number of benzene rings is 2. The average molecular weight is 591 g/mol. The maximum Gasteiger partial charge on any atom is 0.253 e. The van der Waals surface area contributed by atoms with Gasteiger partial charge in [0.2, 0.25) is 17.7 Å². The van der Waals surface area contributed by atoms with E-state index >= 15 is 0 Å². The number of carbonyl (C=O) groups is 4. The molecule has 2 heterocycles. The monoisotopic (exact) mass is 590 g/mol. The maximum atomic E-state index is 14.2. The normalized spacial score (nSPS) is 21.5. The predicted octanol–water partition coefficient (Wildman–Crippen LogP) is 3.91. The van der Waals surface area contributed by atoms with Crippen molar-refractivity contribution in [3.63, 3.8) is 0 Å². The first-order chi connectivity index (χ1) is 20.4. The van der Waals surface area contributed by atoms with E-state index in [0.717, 1.165) is 5.56 Å². The lowest BCUT2D eigenvalue weighted by Gasteiger charge is -2.31. The van der Waals surface area contributed by atoms with Crippen molar-refractivity contribution in [1.29, 1.82) is 0 Å². The molecule has 4 amide bonds. The molecule has 232 valence electrons. The van der Waals surface area contributed by atoms with E-state index < -0.39 is 6.04 Å². The van der Waals surface area contributed by atoms with E-state index in [9.17, 15) is 19.2 Å². The molecule has 0 spiro atoms. The molecule has 2 aromatic carbocycles. The number of hydrogen-bond donors (Lipinski definition) is 1. The van der Waals surface area contributed by atoms with Gasteiger partial charge in [0.15, 0.2) is 0 Å². The largest absolute Gasteiger partial charge is 0.491 e. The minimum atomic E-state index is -0.740. The van der Waals surface area contributed by atoms with Gasteiger partial charge in [-0.2, -0.15) is 0 Å². The fraction of sp³-hybridized carbons (Fsp3) is 0.529. The summed E-state index contributed by atoms with van der Waals surface area (Å²) in [6.45, 7) is 9.09. The molecule has 3 atom stereocenters. The molecule has 1 fully saturated rings. The maximum absolute atomic E-state index is 14.2. The van der Waals surface area contributed by atoms with Gasteiger partial charge in [-0.1, -0.05) is 57.2 Å². The Morgan fingerprint density at radius 3 is 2.51 bits per heavy atom. The third kappa shape index (κ3) is 8.81. The summed E-state index contributed by atoms with van der Waals surface area (Å²) in [5.74, 6) is 0.0350. The van der Waals surface area contributed by atoms with E-state index in [1.54, 1.807) is 48.0 Å². The van der Waals surface area contributed by atoms with Crippen LogP contribution < -0.4 is 10.1 Å². The third-order valence-corrected chi connectivity index (χ3v) is 8.19. The summed E-state index contributed by atoms with van der Waals surface area (Å²) in [5, 5.41) is 3.01. The lowest BCUT2D eigenvalue weighted by atomic mass is 9.91. The van der Waals surface area contributed by atoms with Crippen molar-refractivity contribution < 1.29 is 23.9 Å². The number of ether oxygens (including phenoxy) is 1. The van der Waals surface area contributed by atoms with Gasteiger partial charge >= 0.3 is 0 Å². The molecule has 2 aromatic rings. The Morgan fingerprint density at radius 2 is 1.81 bits per heavy atom. The predicted molar refractivity (Wildman–Crippen MR) is 166 cm³/mol. The van der Waals surface area contributed by atoms with Crippen LogP contribution in [0, 0.1) is 5.41 Å². The van der Waals surface area contributed by atoms with Crippen molar-refractivity contribution in [3.8, 4) is 5.75 Å². The van der Waals surface area contributed by atoms with Gasteiger partial charge in [0.1, 0.15) is 18.4 Å². The van der Waals surface area contributed by atoms with Gasteiger partial charge in [-0.05, 0) is 54.9 Å². The Kier molecular flexibility index (Phi) is 10.5. The molecular weight excluding hydrogens is 544 g/mol. The number of nitrogens with one attached hydrogen (secondary N) is 1. The number of hydrogen-bond acceptors (Lipinski definition) is 5. The Labute approximate surface area is 255 Å². The smallest absolute Gasteiger partial charge is 0.253 e. The molecule has 0 aliphatic carbocycles. The lowest BCUT2D eigenvalue weighted by molar-refractivity contribution is -0.139. The molecule has 9 nitrogen and oxygen atoms in total. The Morgan fingerprint density at radius 1 is 1.07 bits per heavy atom. The molecule has 1 N–H and O–H groups in total. The zero-order chi connectivity index (χ0) is 31.1. The van der Waals surface area contributed by atoms with Gasteiger partial charge in [-0.15, -0.1) is 0 Å². The van der Waals surface area contributed by atoms with E-state index in [1.165, 1.54) is 0 Å². The summed E-state index contributed by atoms with van der Waals surface area (Å²) in [5.41, 5.74) is 1.45. The molecule has 0 saturated carbocycles. The van der Waals surface area contributed by atoms with Gasteiger partial charge in [0.25, 0.3) is 5.91 Å². The van der Waals surface area contributed by atoms with Crippen molar-refractivity contribution in [1.82, 2.24) is 20.0 Å². The molecule has 2 aliphatic heterocycles. The zero-order valence-electron chi connectivity index (χ0n) is 26.2. The summed E-state index contributed by atoms with van der Waals surface area (Å²) in [6.07, 6.45) is 2.50. The molecular formula is C34H46N4O5. The molecule has 0 unspecified atom stereocenters. The molecule has 4 rings (SSSR count). The van der Waals surface area contributed by atoms with Crippen LogP contribution in [0.2, 0.25) is 0 Å². The van der Waals surface area contributed by atoms with Crippen LogP contribution in [0.5, 0.6) is 5.75 Å². The van der Waals surface area contributed by atoms with E-state index in [4.69, 9.17) is 4.74 Å². The molecule has 43 heavy (non-hydrogen) atoms. The summed E-state index contributed by atoms with van der Waals surface area (Å²) in [4.78, 5) is 58.5. The van der Waals surface area contributed by atoms with Crippen molar-refractivity contribution in [2.75, 3.05) is 33.3 Å². The topological polar surface area (TPSA) is 99.3 Å². The highest BCUT2D eigenvalue weighted by atomic mass is 16.5. The first-order valence-electron chi connectivity index (χ1n) is 15.3. The van der Waals surface area contributed by atoms with Crippen LogP contribution in [0.1, 0.15) is 69.3 Å². The van der Waals surface area contributed by atoms with Gasteiger partial charge in [-0.3, -0.25) is 19.2 Å². The highest BCUT2D eigenvalue weighted by Gasteiger charge is 2.41. The van der Waals surface area contributed by atoms with Gasteiger partial charge in [0.05, 0.1) is 12.1 Å². The molecule has 2 aliphatic rings. The SMILES string of the molecule is CC(=O)N(CCc1ccccc1)[C@H]1C[C@H]2COc3cccc(c3)C(=O)N(C)CCC[C@H](NC(=O)CC(C)(C)C)C(=O)N2C1. The van der Waals surface area contributed by atoms with Crippen molar-refractivity contribution in [2.45, 2.75) is 77.9 Å². The van der Waals surface area contributed by atoms with E-state index in [1.807, 2.05) is 56.0 Å². The van der Waals surface area contributed by atoms with Crippen molar-refractivity contribution in [2.24, 2.45) is 5.41 Å². The van der Waals surface area contributed by atoms with Crippen molar-refractivity contribution in [3.05, 3.63) is 65.7 Å². The number of rotatable bonds is 6. The molecule has 0 radical (unpaired) electrons. The van der Waals surface area contributed by atoms with Crippen LogP contribution in [-0.2, 0) is 20.8 Å². The third-order valence-electron chi connectivity index (χ3n) is 8.19. The quantitative estimate of drug-likeness (QED) is 0.550.